The van der Waals surface area contributed by atoms with Crippen LogP contribution in [0, 0.1) is 10.1 Å². The van der Waals surface area contributed by atoms with E-state index in [1.165, 1.54) is 12.1 Å². The van der Waals surface area contributed by atoms with E-state index in [9.17, 15) is 14.9 Å². The minimum atomic E-state index is -1.10. The summed E-state index contributed by atoms with van der Waals surface area (Å²) in [5.74, 6) is -1.38. The van der Waals surface area contributed by atoms with Crippen LogP contribution in [-0.2, 0) is 4.79 Å². The number of carboxylic acids is 1. The van der Waals surface area contributed by atoms with Gasteiger partial charge in [0.1, 0.15) is 6.04 Å². The Morgan fingerprint density at radius 2 is 2.33 bits per heavy atom. The fourth-order valence-electron chi connectivity index (χ4n) is 1.88. The first kappa shape index (κ1) is 12.2. The number of benzene rings is 1. The van der Waals surface area contributed by atoms with Crippen molar-refractivity contribution in [3.8, 4) is 0 Å². The third-order valence-electron chi connectivity index (χ3n) is 2.84. The van der Waals surface area contributed by atoms with Crippen LogP contribution in [0.3, 0.4) is 0 Å². The highest BCUT2D eigenvalue weighted by atomic mass is 16.6. The summed E-state index contributed by atoms with van der Waals surface area (Å²) in [6, 6.07) is 3.33. The molecule has 0 amide bonds. The standard InChI is InChI=1S/C11H11N3O4/c12-9(11(15)16)3-6-5-13-10-2-1-7(14(17)18)4-8(6)10/h1-2,4-6,9H,3,12H2,(H,15,16)/t6-,9-/m0/s1. The molecular weight excluding hydrogens is 238 g/mol. The molecular formula is C11H11N3O4. The average molecular weight is 249 g/mol. The maximum absolute atomic E-state index is 10.7. The van der Waals surface area contributed by atoms with Crippen LogP contribution < -0.4 is 5.73 Å². The Morgan fingerprint density at radius 1 is 1.61 bits per heavy atom. The number of hydrogen-bond acceptors (Lipinski definition) is 5. The van der Waals surface area contributed by atoms with Gasteiger partial charge in [0, 0.05) is 24.3 Å². The summed E-state index contributed by atoms with van der Waals surface area (Å²) >= 11 is 0. The van der Waals surface area contributed by atoms with E-state index in [-0.39, 0.29) is 18.0 Å². The van der Waals surface area contributed by atoms with Gasteiger partial charge in [-0.3, -0.25) is 19.9 Å². The summed E-state index contributed by atoms with van der Waals surface area (Å²) < 4.78 is 0. The van der Waals surface area contributed by atoms with Crippen LogP contribution in [0.5, 0.6) is 0 Å². The molecule has 18 heavy (non-hydrogen) atoms. The van der Waals surface area contributed by atoms with E-state index in [0.29, 0.717) is 11.3 Å². The Labute approximate surface area is 102 Å². The number of hydrogen-bond donors (Lipinski definition) is 2. The Kier molecular flexibility index (Phi) is 3.07. The number of carboxylic acid groups (broad SMARTS) is 1. The topological polar surface area (TPSA) is 119 Å². The zero-order chi connectivity index (χ0) is 13.3. The molecule has 0 aliphatic carbocycles. The summed E-state index contributed by atoms with van der Waals surface area (Å²) in [5, 5.41) is 19.4. The van der Waals surface area contributed by atoms with Crippen molar-refractivity contribution in [2.24, 2.45) is 10.7 Å². The molecule has 0 fully saturated rings. The number of non-ortho nitro benzene ring substituents is 1. The number of nitro groups is 1. The van der Waals surface area contributed by atoms with Crippen molar-refractivity contribution in [2.75, 3.05) is 0 Å². The van der Waals surface area contributed by atoms with E-state index in [1.54, 1.807) is 12.3 Å². The smallest absolute Gasteiger partial charge is 0.320 e. The van der Waals surface area contributed by atoms with E-state index < -0.39 is 16.9 Å². The van der Waals surface area contributed by atoms with Crippen molar-refractivity contribution < 1.29 is 14.8 Å². The molecule has 3 N–H and O–H groups in total. The normalized spacial score (nSPS) is 18.4. The van der Waals surface area contributed by atoms with Gasteiger partial charge in [-0.15, -0.1) is 0 Å². The van der Waals surface area contributed by atoms with Crippen LogP contribution in [0.1, 0.15) is 17.9 Å². The predicted octanol–water partition coefficient (Wildman–Crippen LogP) is 1.20. The number of fused-ring (bicyclic) bond motifs is 1. The number of carbonyl (C=O) groups is 1. The lowest BCUT2D eigenvalue weighted by molar-refractivity contribution is -0.384. The molecule has 1 aromatic carbocycles. The van der Waals surface area contributed by atoms with Gasteiger partial charge in [-0.05, 0) is 18.1 Å². The van der Waals surface area contributed by atoms with Gasteiger partial charge < -0.3 is 10.8 Å². The first-order valence-corrected chi connectivity index (χ1v) is 5.30. The van der Waals surface area contributed by atoms with E-state index in [2.05, 4.69) is 4.99 Å². The summed E-state index contributed by atoms with van der Waals surface area (Å²) in [6.07, 6.45) is 1.75. The van der Waals surface area contributed by atoms with Gasteiger partial charge >= 0.3 is 5.97 Å². The summed E-state index contributed by atoms with van der Waals surface area (Å²) in [7, 11) is 0. The average Bonchev–Trinajstić information content (AvgIpc) is 2.71. The lowest BCUT2D eigenvalue weighted by Gasteiger charge is -2.12. The molecule has 0 saturated heterocycles. The molecule has 2 atom stereocenters. The minimum absolute atomic E-state index is 0.0341. The number of aliphatic imine (C=N–C) groups is 1. The molecule has 0 radical (unpaired) electrons. The highest BCUT2D eigenvalue weighted by Crippen LogP contribution is 2.36. The van der Waals surface area contributed by atoms with E-state index >= 15 is 0 Å². The van der Waals surface area contributed by atoms with Crippen LogP contribution in [0.15, 0.2) is 23.2 Å². The molecule has 0 saturated carbocycles. The quantitative estimate of drug-likeness (QED) is 0.613. The molecule has 0 unspecified atom stereocenters. The van der Waals surface area contributed by atoms with E-state index in [4.69, 9.17) is 10.8 Å². The molecule has 1 aromatic rings. The number of nitrogens with two attached hydrogens (primary N) is 1. The Bertz CT molecular complexity index is 541. The maximum atomic E-state index is 10.7. The highest BCUT2D eigenvalue weighted by molar-refractivity contribution is 5.83. The number of nitro benzene ring substituents is 1. The van der Waals surface area contributed by atoms with Gasteiger partial charge in [0.2, 0.25) is 0 Å². The van der Waals surface area contributed by atoms with Crippen molar-refractivity contribution in [1.29, 1.82) is 0 Å². The van der Waals surface area contributed by atoms with Gasteiger partial charge in [0.05, 0.1) is 10.6 Å². The zero-order valence-corrected chi connectivity index (χ0v) is 9.31. The van der Waals surface area contributed by atoms with Gasteiger partial charge in [-0.1, -0.05) is 0 Å². The molecule has 1 aliphatic heterocycles. The maximum Gasteiger partial charge on any atom is 0.320 e. The van der Waals surface area contributed by atoms with Gasteiger partial charge in [-0.25, -0.2) is 0 Å². The van der Waals surface area contributed by atoms with Gasteiger partial charge in [0.25, 0.3) is 5.69 Å². The SMILES string of the molecule is N[C@@H](C[C@H]1C=Nc2ccc([N+](=O)[O-])cc21)C(=O)O. The van der Waals surface area contributed by atoms with Crippen molar-refractivity contribution in [3.63, 3.8) is 0 Å². The van der Waals surface area contributed by atoms with E-state index in [1.807, 2.05) is 0 Å². The molecule has 1 heterocycles. The van der Waals surface area contributed by atoms with Crippen LogP contribution in [0.25, 0.3) is 0 Å². The molecule has 7 nitrogen and oxygen atoms in total. The third kappa shape index (κ3) is 2.21. The molecule has 2 rings (SSSR count). The van der Waals surface area contributed by atoms with Crippen LogP contribution in [-0.4, -0.2) is 28.3 Å². The summed E-state index contributed by atoms with van der Waals surface area (Å²) in [6.45, 7) is 0. The van der Waals surface area contributed by atoms with Gasteiger partial charge in [0.15, 0.2) is 0 Å². The lowest BCUT2D eigenvalue weighted by atomic mass is 9.94. The number of nitrogens with zero attached hydrogens (tertiary/aromatic N) is 2. The largest absolute Gasteiger partial charge is 0.480 e. The van der Waals surface area contributed by atoms with Crippen LogP contribution >= 0.6 is 0 Å². The molecule has 1 aliphatic rings. The Morgan fingerprint density at radius 3 is 2.94 bits per heavy atom. The molecule has 94 valence electrons. The third-order valence-corrected chi connectivity index (χ3v) is 2.84. The van der Waals surface area contributed by atoms with E-state index in [0.717, 1.165) is 0 Å². The molecule has 0 bridgehead atoms. The van der Waals surface area contributed by atoms with Crippen molar-refractivity contribution in [2.45, 2.75) is 18.4 Å². The number of aliphatic carboxylic acids is 1. The fourth-order valence-corrected chi connectivity index (χ4v) is 1.88. The zero-order valence-electron chi connectivity index (χ0n) is 9.31. The second kappa shape index (κ2) is 4.53. The Balaban J connectivity index is 2.25. The van der Waals surface area contributed by atoms with Gasteiger partial charge in [-0.2, -0.15) is 0 Å². The first-order valence-electron chi connectivity index (χ1n) is 5.30. The molecule has 7 heteroatoms. The lowest BCUT2D eigenvalue weighted by Crippen LogP contribution is -2.31. The first-order chi connectivity index (χ1) is 8.49. The van der Waals surface area contributed by atoms with Crippen molar-refractivity contribution in [1.82, 2.24) is 0 Å². The Hall–Kier alpha value is -2.28. The fraction of sp³-hybridized carbons (Fsp3) is 0.273. The molecule has 0 spiro atoms. The second-order valence-electron chi connectivity index (χ2n) is 4.07. The molecule has 0 aromatic heterocycles. The van der Waals surface area contributed by atoms with Crippen molar-refractivity contribution >= 4 is 23.6 Å². The highest BCUT2D eigenvalue weighted by Gasteiger charge is 2.25. The van der Waals surface area contributed by atoms with Crippen molar-refractivity contribution in [3.05, 3.63) is 33.9 Å². The summed E-state index contributed by atoms with van der Waals surface area (Å²) in [5.41, 5.74) is 6.70. The number of rotatable bonds is 4. The monoisotopic (exact) mass is 249 g/mol. The van der Waals surface area contributed by atoms with Crippen LogP contribution in [0.2, 0.25) is 0 Å². The minimum Gasteiger partial charge on any atom is -0.480 e. The predicted molar refractivity (Wildman–Crippen MR) is 64.2 cm³/mol. The van der Waals surface area contributed by atoms with Crippen LogP contribution in [0.4, 0.5) is 11.4 Å². The summed E-state index contributed by atoms with van der Waals surface area (Å²) in [4.78, 5) is 25.0. The second-order valence-corrected chi connectivity index (χ2v) is 4.07.